The van der Waals surface area contributed by atoms with Crippen molar-refractivity contribution < 1.29 is 8.42 Å². The Morgan fingerprint density at radius 1 is 1.04 bits per heavy atom. The maximum Gasteiger partial charge on any atom is 0.162 e. The van der Waals surface area contributed by atoms with Gasteiger partial charge in [-0.15, -0.1) is 0 Å². The van der Waals surface area contributed by atoms with Crippen molar-refractivity contribution in [3.05, 3.63) is 48.8 Å². The molecule has 6 nitrogen and oxygen atoms in total. The molecule has 1 fully saturated rings. The number of pyridine rings is 1. The van der Waals surface area contributed by atoms with Crippen LogP contribution in [0.2, 0.25) is 0 Å². The van der Waals surface area contributed by atoms with Crippen LogP contribution in [0.25, 0.3) is 22.3 Å². The van der Waals surface area contributed by atoms with Gasteiger partial charge in [0.15, 0.2) is 5.82 Å². The number of nitrogens with zero attached hydrogens (tertiary/aromatic N) is 3. The molecule has 0 spiro atoms. The van der Waals surface area contributed by atoms with E-state index in [0.29, 0.717) is 12.2 Å². The topological polar surface area (TPSA) is 84.8 Å². The summed E-state index contributed by atoms with van der Waals surface area (Å²) in [5.41, 5.74) is 1.76. The number of benzene rings is 1. The lowest BCUT2D eigenvalue weighted by Gasteiger charge is -2.29. The summed E-state index contributed by atoms with van der Waals surface area (Å²) in [5, 5.41) is 4.17. The first-order chi connectivity index (χ1) is 13.0. The van der Waals surface area contributed by atoms with Gasteiger partial charge < -0.3 is 5.32 Å². The third kappa shape index (κ3) is 3.93. The lowest BCUT2D eigenvalue weighted by molar-refractivity contribution is 0.452. The van der Waals surface area contributed by atoms with Crippen molar-refractivity contribution in [2.24, 2.45) is 0 Å². The molecule has 0 bridgehead atoms. The van der Waals surface area contributed by atoms with Crippen molar-refractivity contribution in [3.63, 3.8) is 0 Å². The number of anilines is 1. The van der Waals surface area contributed by atoms with Gasteiger partial charge in [0.2, 0.25) is 0 Å². The van der Waals surface area contributed by atoms with Crippen LogP contribution < -0.4 is 5.32 Å². The summed E-state index contributed by atoms with van der Waals surface area (Å²) in [6.07, 6.45) is 7.97. The minimum absolute atomic E-state index is 0.0853. The highest BCUT2D eigenvalue weighted by atomic mass is 32.2. The first kappa shape index (κ1) is 17.9. The van der Waals surface area contributed by atoms with Gasteiger partial charge in [-0.25, -0.2) is 18.4 Å². The van der Waals surface area contributed by atoms with E-state index in [0.717, 1.165) is 41.5 Å². The average Bonchev–Trinajstić information content (AvgIpc) is 2.68. The summed E-state index contributed by atoms with van der Waals surface area (Å²) in [6.45, 7) is 0. The normalized spacial score (nSPS) is 20.5. The Hall–Kier alpha value is -2.54. The van der Waals surface area contributed by atoms with E-state index in [9.17, 15) is 8.42 Å². The number of fused-ring (bicyclic) bond motifs is 1. The van der Waals surface area contributed by atoms with E-state index in [4.69, 9.17) is 4.98 Å². The molecule has 1 N–H and O–H groups in total. The van der Waals surface area contributed by atoms with Crippen LogP contribution in [-0.2, 0) is 9.84 Å². The third-order valence-corrected chi connectivity index (χ3v) is 6.75. The van der Waals surface area contributed by atoms with Crippen molar-refractivity contribution in [2.45, 2.75) is 37.0 Å². The van der Waals surface area contributed by atoms with Crippen LogP contribution in [0.3, 0.4) is 0 Å². The SMILES string of the molecule is CS(=O)(=O)C1CCCC(Nc2nc(-c3ccncc3)nc3ccccc23)C1. The second kappa shape index (κ2) is 7.23. The lowest BCUT2D eigenvalue weighted by Crippen LogP contribution is -2.34. The number of aromatic nitrogens is 3. The fourth-order valence-electron chi connectivity index (χ4n) is 3.67. The second-order valence-corrected chi connectivity index (χ2v) is 9.43. The summed E-state index contributed by atoms with van der Waals surface area (Å²) in [6, 6.07) is 11.7. The Morgan fingerprint density at radius 2 is 1.81 bits per heavy atom. The molecule has 2 unspecified atom stereocenters. The van der Waals surface area contributed by atoms with Crippen molar-refractivity contribution in [1.29, 1.82) is 0 Å². The van der Waals surface area contributed by atoms with Crippen LogP contribution in [0.4, 0.5) is 5.82 Å². The van der Waals surface area contributed by atoms with E-state index in [2.05, 4.69) is 15.3 Å². The fourth-order valence-corrected chi connectivity index (χ4v) is 4.85. The molecule has 4 rings (SSSR count). The Balaban J connectivity index is 1.70. The zero-order valence-corrected chi connectivity index (χ0v) is 16.0. The van der Waals surface area contributed by atoms with E-state index in [-0.39, 0.29) is 11.3 Å². The van der Waals surface area contributed by atoms with Crippen LogP contribution in [-0.4, -0.2) is 40.9 Å². The highest BCUT2D eigenvalue weighted by molar-refractivity contribution is 7.91. The first-order valence-corrected chi connectivity index (χ1v) is 11.1. The van der Waals surface area contributed by atoms with Crippen LogP contribution in [0.5, 0.6) is 0 Å². The van der Waals surface area contributed by atoms with E-state index in [1.165, 1.54) is 6.26 Å². The largest absolute Gasteiger partial charge is 0.367 e. The Bertz CT molecular complexity index is 1050. The Morgan fingerprint density at radius 3 is 2.59 bits per heavy atom. The maximum absolute atomic E-state index is 12.0. The number of hydrogen-bond donors (Lipinski definition) is 1. The minimum atomic E-state index is -3.02. The van der Waals surface area contributed by atoms with Gasteiger partial charge in [0, 0.05) is 35.6 Å². The molecule has 1 aromatic carbocycles. The predicted molar refractivity (Wildman–Crippen MR) is 107 cm³/mol. The van der Waals surface area contributed by atoms with Crippen LogP contribution in [0.15, 0.2) is 48.8 Å². The molecule has 3 aromatic rings. The Kier molecular flexibility index (Phi) is 4.78. The zero-order valence-electron chi connectivity index (χ0n) is 15.2. The molecule has 1 aliphatic carbocycles. The molecule has 2 heterocycles. The van der Waals surface area contributed by atoms with Gasteiger partial charge in [-0.3, -0.25) is 4.98 Å². The first-order valence-electron chi connectivity index (χ1n) is 9.13. The summed E-state index contributed by atoms with van der Waals surface area (Å²) in [7, 11) is -3.02. The summed E-state index contributed by atoms with van der Waals surface area (Å²) in [4.78, 5) is 13.5. The van der Waals surface area contributed by atoms with Gasteiger partial charge in [0.25, 0.3) is 0 Å². The van der Waals surface area contributed by atoms with Gasteiger partial charge in [-0.05, 0) is 43.5 Å². The van der Waals surface area contributed by atoms with E-state index < -0.39 is 9.84 Å². The smallest absolute Gasteiger partial charge is 0.162 e. The number of nitrogens with one attached hydrogen (secondary N) is 1. The molecule has 27 heavy (non-hydrogen) atoms. The lowest BCUT2D eigenvalue weighted by atomic mass is 9.95. The molecule has 140 valence electrons. The maximum atomic E-state index is 12.0. The van der Waals surface area contributed by atoms with Gasteiger partial charge in [-0.1, -0.05) is 18.6 Å². The molecule has 2 atom stereocenters. The monoisotopic (exact) mass is 382 g/mol. The summed E-state index contributed by atoms with van der Waals surface area (Å²) in [5.74, 6) is 1.39. The molecule has 2 aromatic heterocycles. The quantitative estimate of drug-likeness (QED) is 0.744. The molecule has 1 aliphatic rings. The minimum Gasteiger partial charge on any atom is -0.367 e. The molecule has 1 saturated carbocycles. The standard InChI is InChI=1S/C20H22N4O2S/c1-27(25,26)16-6-4-5-15(13-16)22-20-17-7-2-3-8-18(17)23-19(24-20)14-9-11-21-12-10-14/h2-3,7-12,15-16H,4-6,13H2,1H3,(H,22,23,24). The number of hydrogen-bond acceptors (Lipinski definition) is 6. The number of para-hydroxylation sites is 1. The predicted octanol–water partition coefficient (Wildman–Crippen LogP) is 3.46. The average molecular weight is 382 g/mol. The summed E-state index contributed by atoms with van der Waals surface area (Å²) >= 11 is 0. The van der Waals surface area contributed by atoms with Crippen molar-refractivity contribution in [3.8, 4) is 11.4 Å². The molecule has 0 radical (unpaired) electrons. The molecule has 0 aliphatic heterocycles. The Labute approximate surface area is 159 Å². The van der Waals surface area contributed by atoms with Gasteiger partial charge in [0.05, 0.1) is 10.8 Å². The van der Waals surface area contributed by atoms with Crippen molar-refractivity contribution >= 4 is 26.6 Å². The highest BCUT2D eigenvalue weighted by Gasteiger charge is 2.29. The van der Waals surface area contributed by atoms with Crippen LogP contribution in [0.1, 0.15) is 25.7 Å². The molecule has 0 amide bonds. The van der Waals surface area contributed by atoms with E-state index in [1.54, 1.807) is 12.4 Å². The third-order valence-electron chi connectivity index (χ3n) is 5.11. The second-order valence-electron chi connectivity index (χ2n) is 7.11. The highest BCUT2D eigenvalue weighted by Crippen LogP contribution is 2.29. The zero-order chi connectivity index (χ0) is 18.9. The van der Waals surface area contributed by atoms with Gasteiger partial charge >= 0.3 is 0 Å². The number of sulfone groups is 1. The molecular weight excluding hydrogens is 360 g/mol. The van der Waals surface area contributed by atoms with E-state index >= 15 is 0 Å². The van der Waals surface area contributed by atoms with Gasteiger partial charge in [-0.2, -0.15) is 0 Å². The number of rotatable bonds is 4. The molecular formula is C20H22N4O2S. The van der Waals surface area contributed by atoms with E-state index in [1.807, 2.05) is 36.4 Å². The van der Waals surface area contributed by atoms with Crippen LogP contribution >= 0.6 is 0 Å². The van der Waals surface area contributed by atoms with Crippen molar-refractivity contribution in [1.82, 2.24) is 15.0 Å². The fraction of sp³-hybridized carbons (Fsp3) is 0.350. The van der Waals surface area contributed by atoms with Crippen LogP contribution in [0, 0.1) is 0 Å². The van der Waals surface area contributed by atoms with Crippen molar-refractivity contribution in [2.75, 3.05) is 11.6 Å². The molecule has 0 saturated heterocycles. The molecule has 7 heteroatoms. The summed E-state index contributed by atoms with van der Waals surface area (Å²) < 4.78 is 24.0. The van der Waals surface area contributed by atoms with Gasteiger partial charge in [0.1, 0.15) is 15.7 Å².